The zero-order valence-electron chi connectivity index (χ0n) is 17.1. The van der Waals surface area contributed by atoms with Gasteiger partial charge in [-0.25, -0.2) is 8.42 Å². The molecule has 1 aliphatic heterocycles. The molecule has 0 spiro atoms. The molecule has 1 amide bonds. The number of rotatable bonds is 6. The molecule has 1 aliphatic rings. The molecule has 1 heterocycles. The molecular formula is C21H22ClN3O5S. The van der Waals surface area contributed by atoms with Crippen molar-refractivity contribution >= 4 is 33.2 Å². The van der Waals surface area contributed by atoms with Crippen LogP contribution in [-0.2, 0) is 14.8 Å². The lowest BCUT2D eigenvalue weighted by Crippen LogP contribution is -2.41. The van der Waals surface area contributed by atoms with Crippen molar-refractivity contribution in [2.75, 3.05) is 32.6 Å². The number of nitrogens with one attached hydrogen (secondary N) is 1. The lowest BCUT2D eigenvalue weighted by atomic mass is 9.97. The van der Waals surface area contributed by atoms with Crippen LogP contribution < -0.4 is 14.8 Å². The van der Waals surface area contributed by atoms with Crippen LogP contribution >= 0.6 is 11.6 Å². The highest BCUT2D eigenvalue weighted by atomic mass is 35.5. The van der Waals surface area contributed by atoms with E-state index in [2.05, 4.69) is 5.32 Å². The third-order valence-electron chi connectivity index (χ3n) is 5.18. The van der Waals surface area contributed by atoms with E-state index >= 15 is 0 Å². The topological polar surface area (TPSA) is 109 Å². The van der Waals surface area contributed by atoms with Gasteiger partial charge in [-0.3, -0.25) is 4.79 Å². The number of carbonyl (C=O) groups excluding carboxylic acids is 1. The van der Waals surface area contributed by atoms with Crippen LogP contribution in [0.4, 0.5) is 5.69 Å². The number of nitrogens with zero attached hydrogens (tertiary/aromatic N) is 2. The summed E-state index contributed by atoms with van der Waals surface area (Å²) in [6.45, 7) is 0.447. The van der Waals surface area contributed by atoms with Gasteiger partial charge in [0.05, 0.1) is 41.5 Å². The second-order valence-corrected chi connectivity index (χ2v) is 9.34. The van der Waals surface area contributed by atoms with Gasteiger partial charge in [0.25, 0.3) is 0 Å². The number of hydrogen-bond acceptors (Lipinski definition) is 6. The summed E-state index contributed by atoms with van der Waals surface area (Å²) in [4.78, 5) is 12.9. The predicted molar refractivity (Wildman–Crippen MR) is 116 cm³/mol. The largest absolute Gasteiger partial charge is 0.495 e. The van der Waals surface area contributed by atoms with Crippen LogP contribution in [0, 0.1) is 17.2 Å². The Labute approximate surface area is 186 Å². The van der Waals surface area contributed by atoms with Gasteiger partial charge >= 0.3 is 0 Å². The molecule has 0 aromatic heterocycles. The van der Waals surface area contributed by atoms with Crippen LogP contribution in [0.1, 0.15) is 18.4 Å². The molecule has 1 fully saturated rings. The molecule has 164 valence electrons. The number of nitriles is 1. The number of sulfonamides is 1. The fourth-order valence-electron chi connectivity index (χ4n) is 3.40. The van der Waals surface area contributed by atoms with E-state index < -0.39 is 10.0 Å². The third kappa shape index (κ3) is 4.93. The molecular weight excluding hydrogens is 442 g/mol. The number of hydrogen-bond donors (Lipinski definition) is 1. The molecule has 0 unspecified atom stereocenters. The number of amides is 1. The van der Waals surface area contributed by atoms with Crippen molar-refractivity contribution in [2.24, 2.45) is 5.92 Å². The predicted octanol–water partition coefficient (Wildman–Crippen LogP) is 3.27. The van der Waals surface area contributed by atoms with Crippen LogP contribution in [0.25, 0.3) is 0 Å². The fourth-order valence-corrected chi connectivity index (χ4v) is 5.10. The van der Waals surface area contributed by atoms with Crippen LogP contribution in [-0.4, -0.2) is 45.9 Å². The number of piperidine rings is 1. The maximum absolute atomic E-state index is 12.8. The van der Waals surface area contributed by atoms with E-state index in [0.717, 1.165) is 0 Å². The van der Waals surface area contributed by atoms with E-state index in [4.69, 9.17) is 26.3 Å². The van der Waals surface area contributed by atoms with Crippen LogP contribution in [0.2, 0.25) is 5.02 Å². The molecule has 0 saturated carbocycles. The molecule has 0 bridgehead atoms. The van der Waals surface area contributed by atoms with Crippen LogP contribution in [0.5, 0.6) is 11.5 Å². The van der Waals surface area contributed by atoms with E-state index in [1.165, 1.54) is 42.8 Å². The maximum atomic E-state index is 12.8. The Balaban J connectivity index is 1.67. The Bertz CT molecular complexity index is 1110. The number of halogens is 1. The summed E-state index contributed by atoms with van der Waals surface area (Å²) in [6.07, 6.45) is 0.767. The highest BCUT2D eigenvalue weighted by Crippen LogP contribution is 2.36. The molecule has 1 saturated heterocycles. The Morgan fingerprint density at radius 1 is 1.13 bits per heavy atom. The summed E-state index contributed by atoms with van der Waals surface area (Å²) in [5.74, 6) is 0.234. The first-order valence-corrected chi connectivity index (χ1v) is 11.3. The van der Waals surface area contributed by atoms with Crippen LogP contribution in [0.15, 0.2) is 41.3 Å². The Kier molecular flexibility index (Phi) is 7.05. The van der Waals surface area contributed by atoms with Gasteiger partial charge in [0.1, 0.15) is 11.5 Å². The first-order chi connectivity index (χ1) is 14.8. The lowest BCUT2D eigenvalue weighted by molar-refractivity contribution is -0.120. The SMILES string of the molecule is COc1cc(NC(=O)C2CCN(S(=O)(=O)c3ccc(C#N)cc3)CC2)c(OC)cc1Cl. The zero-order chi connectivity index (χ0) is 22.6. The van der Waals surface area contributed by atoms with E-state index in [9.17, 15) is 13.2 Å². The minimum absolute atomic E-state index is 0.132. The summed E-state index contributed by atoms with van der Waals surface area (Å²) < 4.78 is 37.5. The quantitative estimate of drug-likeness (QED) is 0.704. The van der Waals surface area contributed by atoms with Crippen LogP contribution in [0.3, 0.4) is 0 Å². The molecule has 1 N–H and O–H groups in total. The monoisotopic (exact) mass is 463 g/mol. The Morgan fingerprint density at radius 2 is 1.74 bits per heavy atom. The minimum atomic E-state index is -3.68. The Morgan fingerprint density at radius 3 is 2.29 bits per heavy atom. The minimum Gasteiger partial charge on any atom is -0.495 e. The highest BCUT2D eigenvalue weighted by Gasteiger charge is 2.32. The summed E-state index contributed by atoms with van der Waals surface area (Å²) in [5, 5.41) is 12.1. The van der Waals surface area contributed by atoms with Gasteiger partial charge in [-0.05, 0) is 37.1 Å². The van der Waals surface area contributed by atoms with Gasteiger partial charge in [0, 0.05) is 31.1 Å². The van der Waals surface area contributed by atoms with Gasteiger partial charge in [-0.2, -0.15) is 9.57 Å². The molecule has 0 atom stereocenters. The first kappa shape index (κ1) is 22.9. The van der Waals surface area contributed by atoms with Gasteiger partial charge in [0.15, 0.2) is 0 Å². The number of carbonyl (C=O) groups is 1. The average Bonchev–Trinajstić information content (AvgIpc) is 2.79. The number of methoxy groups -OCH3 is 2. The van der Waals surface area contributed by atoms with E-state index in [1.54, 1.807) is 12.1 Å². The number of ether oxygens (including phenoxy) is 2. The average molecular weight is 464 g/mol. The summed E-state index contributed by atoms with van der Waals surface area (Å²) in [7, 11) is -0.730. The van der Waals surface area contributed by atoms with E-state index in [0.29, 0.717) is 40.6 Å². The second-order valence-electron chi connectivity index (χ2n) is 6.99. The van der Waals surface area contributed by atoms with Crippen molar-refractivity contribution in [3.63, 3.8) is 0 Å². The number of benzene rings is 2. The van der Waals surface area contributed by atoms with Crippen molar-refractivity contribution < 1.29 is 22.7 Å². The van der Waals surface area contributed by atoms with Crippen molar-refractivity contribution in [3.8, 4) is 17.6 Å². The van der Waals surface area contributed by atoms with Gasteiger partial charge in [-0.15, -0.1) is 0 Å². The van der Waals surface area contributed by atoms with Gasteiger partial charge in [-0.1, -0.05) is 11.6 Å². The normalized spacial score (nSPS) is 15.2. The van der Waals surface area contributed by atoms with Crippen molar-refractivity contribution in [3.05, 3.63) is 47.0 Å². The molecule has 0 aliphatic carbocycles. The molecule has 2 aromatic carbocycles. The van der Waals surface area contributed by atoms with Crippen molar-refractivity contribution in [1.29, 1.82) is 5.26 Å². The first-order valence-electron chi connectivity index (χ1n) is 9.53. The zero-order valence-corrected chi connectivity index (χ0v) is 18.7. The summed E-state index contributed by atoms with van der Waals surface area (Å²) in [6, 6.07) is 10.9. The molecule has 2 aromatic rings. The molecule has 10 heteroatoms. The third-order valence-corrected chi connectivity index (χ3v) is 7.39. The lowest BCUT2D eigenvalue weighted by Gasteiger charge is -2.30. The highest BCUT2D eigenvalue weighted by molar-refractivity contribution is 7.89. The van der Waals surface area contributed by atoms with E-state index in [1.807, 2.05) is 6.07 Å². The van der Waals surface area contributed by atoms with Gasteiger partial charge < -0.3 is 14.8 Å². The molecule has 0 radical (unpaired) electrons. The summed E-state index contributed by atoms with van der Waals surface area (Å²) in [5.41, 5.74) is 0.824. The van der Waals surface area contributed by atoms with Gasteiger partial charge in [0.2, 0.25) is 15.9 Å². The smallest absolute Gasteiger partial charge is 0.243 e. The summed E-state index contributed by atoms with van der Waals surface area (Å²) >= 11 is 6.10. The molecule has 8 nitrogen and oxygen atoms in total. The number of anilines is 1. The van der Waals surface area contributed by atoms with Crippen molar-refractivity contribution in [2.45, 2.75) is 17.7 Å². The standard InChI is InChI=1S/C21H22ClN3O5S/c1-29-19-12-18(20(30-2)11-17(19)22)24-21(26)15-7-9-25(10-8-15)31(27,28)16-5-3-14(13-23)4-6-16/h3-6,11-12,15H,7-10H2,1-2H3,(H,24,26). The maximum Gasteiger partial charge on any atom is 0.243 e. The van der Waals surface area contributed by atoms with E-state index in [-0.39, 0.29) is 29.8 Å². The fraction of sp³-hybridized carbons (Fsp3) is 0.333. The second kappa shape index (κ2) is 9.56. The van der Waals surface area contributed by atoms with Crippen molar-refractivity contribution in [1.82, 2.24) is 4.31 Å². The molecule has 31 heavy (non-hydrogen) atoms. The molecule has 3 rings (SSSR count). The Hall–Kier alpha value is -2.80.